The zero-order valence-electron chi connectivity index (χ0n) is 6.76. The van der Waals surface area contributed by atoms with Crippen LogP contribution in [0.3, 0.4) is 0 Å². The quantitative estimate of drug-likeness (QED) is 0.614. The molecule has 1 aromatic rings. The van der Waals surface area contributed by atoms with E-state index in [-0.39, 0.29) is 0 Å². The molecule has 0 saturated carbocycles. The molecule has 4 heteroatoms. The zero-order chi connectivity index (χ0) is 8.43. The Balaban J connectivity index is 3.24. The summed E-state index contributed by atoms with van der Waals surface area (Å²) in [5.74, 6) is 0.300. The highest BCUT2D eigenvalue weighted by atomic mass is 15.0. The lowest BCUT2D eigenvalue weighted by molar-refractivity contribution is 0.995. The predicted octanol–water partition coefficient (Wildman–Crippen LogP) is 0.512. The molecule has 0 aliphatic heterocycles. The smallest absolute Gasteiger partial charge is 0.220 e. The Morgan fingerprint density at radius 1 is 1.27 bits per heavy atom. The summed E-state index contributed by atoms with van der Waals surface area (Å²) in [6, 6.07) is 0. The molecule has 0 atom stereocenters. The van der Waals surface area contributed by atoms with Gasteiger partial charge >= 0.3 is 0 Å². The third-order valence-corrected chi connectivity index (χ3v) is 1.57. The van der Waals surface area contributed by atoms with Crippen LogP contribution in [0.2, 0.25) is 0 Å². The van der Waals surface area contributed by atoms with Crippen LogP contribution in [0.5, 0.6) is 0 Å². The summed E-state index contributed by atoms with van der Waals surface area (Å²) >= 11 is 0. The molecule has 0 amide bonds. The van der Waals surface area contributed by atoms with Gasteiger partial charge < -0.3 is 11.5 Å². The van der Waals surface area contributed by atoms with Crippen molar-refractivity contribution in [2.45, 2.75) is 20.3 Å². The van der Waals surface area contributed by atoms with Gasteiger partial charge in [0.15, 0.2) is 0 Å². The maximum atomic E-state index is 5.68. The number of nitrogens with zero attached hydrogens (tertiary/aromatic N) is 2. The Hall–Kier alpha value is -1.32. The lowest BCUT2D eigenvalue weighted by Crippen LogP contribution is -2.05. The SMILES string of the molecule is CCc1nc(N)nc(C)c1N. The molecule has 0 bridgehead atoms. The van der Waals surface area contributed by atoms with Gasteiger partial charge in [0.25, 0.3) is 0 Å². The molecule has 4 N–H and O–H groups in total. The summed E-state index contributed by atoms with van der Waals surface area (Å²) in [5.41, 5.74) is 13.3. The van der Waals surface area contributed by atoms with E-state index in [4.69, 9.17) is 11.5 Å². The van der Waals surface area contributed by atoms with Crippen molar-refractivity contribution < 1.29 is 0 Å². The molecule has 0 radical (unpaired) electrons. The number of anilines is 2. The molecular weight excluding hydrogens is 140 g/mol. The van der Waals surface area contributed by atoms with Gasteiger partial charge in [-0.25, -0.2) is 9.97 Å². The van der Waals surface area contributed by atoms with E-state index in [1.165, 1.54) is 0 Å². The van der Waals surface area contributed by atoms with Crippen molar-refractivity contribution in [3.05, 3.63) is 11.4 Å². The number of nitrogen functional groups attached to an aromatic ring is 2. The second kappa shape index (κ2) is 2.74. The first-order valence-corrected chi connectivity index (χ1v) is 3.53. The summed E-state index contributed by atoms with van der Waals surface area (Å²) in [7, 11) is 0. The van der Waals surface area contributed by atoms with E-state index < -0.39 is 0 Å². The number of aromatic nitrogens is 2. The number of hydrogen-bond acceptors (Lipinski definition) is 4. The summed E-state index contributed by atoms with van der Waals surface area (Å²) < 4.78 is 0. The third kappa shape index (κ3) is 1.39. The molecule has 11 heavy (non-hydrogen) atoms. The van der Waals surface area contributed by atoms with Gasteiger partial charge in [0.1, 0.15) is 0 Å². The van der Waals surface area contributed by atoms with Crippen LogP contribution in [0.4, 0.5) is 11.6 Å². The van der Waals surface area contributed by atoms with Crippen molar-refractivity contribution >= 4 is 11.6 Å². The molecule has 0 aliphatic carbocycles. The van der Waals surface area contributed by atoms with Crippen LogP contribution >= 0.6 is 0 Å². The van der Waals surface area contributed by atoms with Crippen LogP contribution in [0, 0.1) is 6.92 Å². The first-order chi connectivity index (χ1) is 5.15. The highest BCUT2D eigenvalue weighted by Gasteiger charge is 2.03. The van der Waals surface area contributed by atoms with Gasteiger partial charge in [-0.05, 0) is 13.3 Å². The molecule has 0 saturated heterocycles. The number of hydrogen-bond donors (Lipinski definition) is 2. The minimum atomic E-state index is 0.300. The average Bonchev–Trinajstić information content (AvgIpc) is 1.96. The molecule has 1 heterocycles. The van der Waals surface area contributed by atoms with Crippen LogP contribution in [0.15, 0.2) is 0 Å². The van der Waals surface area contributed by atoms with E-state index in [1.807, 2.05) is 13.8 Å². The second-order valence-corrected chi connectivity index (χ2v) is 2.38. The van der Waals surface area contributed by atoms with Crippen LogP contribution in [0.25, 0.3) is 0 Å². The average molecular weight is 152 g/mol. The summed E-state index contributed by atoms with van der Waals surface area (Å²) in [6.07, 6.45) is 0.791. The van der Waals surface area contributed by atoms with Gasteiger partial charge in [0.2, 0.25) is 5.95 Å². The standard InChI is InChI=1S/C7H12N4/c1-3-5-6(8)4(2)10-7(9)11-5/h3,8H2,1-2H3,(H2,9,10,11). The van der Waals surface area contributed by atoms with Crippen molar-refractivity contribution in [1.82, 2.24) is 9.97 Å². The van der Waals surface area contributed by atoms with Gasteiger partial charge in [-0.15, -0.1) is 0 Å². The van der Waals surface area contributed by atoms with Gasteiger partial charge in [0.05, 0.1) is 17.1 Å². The monoisotopic (exact) mass is 152 g/mol. The van der Waals surface area contributed by atoms with Crippen molar-refractivity contribution in [2.24, 2.45) is 0 Å². The van der Waals surface area contributed by atoms with E-state index in [2.05, 4.69) is 9.97 Å². The zero-order valence-corrected chi connectivity index (χ0v) is 6.76. The lowest BCUT2D eigenvalue weighted by atomic mass is 10.2. The van der Waals surface area contributed by atoms with E-state index in [0.717, 1.165) is 17.8 Å². The minimum absolute atomic E-state index is 0.300. The molecule has 0 unspecified atom stereocenters. The van der Waals surface area contributed by atoms with Gasteiger partial charge in [0, 0.05) is 0 Å². The first-order valence-electron chi connectivity index (χ1n) is 3.53. The molecular formula is C7H12N4. The molecule has 4 nitrogen and oxygen atoms in total. The maximum absolute atomic E-state index is 5.68. The summed E-state index contributed by atoms with van der Waals surface area (Å²) in [4.78, 5) is 7.92. The van der Waals surface area contributed by atoms with Gasteiger partial charge in [-0.1, -0.05) is 6.92 Å². The van der Waals surface area contributed by atoms with E-state index in [1.54, 1.807) is 0 Å². The van der Waals surface area contributed by atoms with Gasteiger partial charge in [-0.3, -0.25) is 0 Å². The first kappa shape index (κ1) is 7.78. The van der Waals surface area contributed by atoms with Crippen LogP contribution in [-0.2, 0) is 6.42 Å². The lowest BCUT2D eigenvalue weighted by Gasteiger charge is -2.04. The summed E-state index contributed by atoms with van der Waals surface area (Å²) in [6.45, 7) is 3.81. The fraction of sp³-hybridized carbons (Fsp3) is 0.429. The molecule has 0 aromatic carbocycles. The van der Waals surface area contributed by atoms with E-state index in [9.17, 15) is 0 Å². The molecule has 0 spiro atoms. The number of rotatable bonds is 1. The van der Waals surface area contributed by atoms with Crippen LogP contribution in [-0.4, -0.2) is 9.97 Å². The Bertz CT molecular complexity index is 269. The molecule has 0 aliphatic rings. The molecule has 1 rings (SSSR count). The van der Waals surface area contributed by atoms with Crippen LogP contribution < -0.4 is 11.5 Å². The number of nitrogens with two attached hydrogens (primary N) is 2. The Kier molecular flexibility index (Phi) is 1.94. The molecule has 0 fully saturated rings. The van der Waals surface area contributed by atoms with Gasteiger partial charge in [-0.2, -0.15) is 0 Å². The highest BCUT2D eigenvalue weighted by molar-refractivity contribution is 5.49. The normalized spacial score (nSPS) is 10.0. The Morgan fingerprint density at radius 2 is 1.91 bits per heavy atom. The van der Waals surface area contributed by atoms with E-state index >= 15 is 0 Å². The highest BCUT2D eigenvalue weighted by Crippen LogP contribution is 2.13. The topological polar surface area (TPSA) is 77.8 Å². The number of aryl methyl sites for hydroxylation is 2. The fourth-order valence-corrected chi connectivity index (χ4v) is 0.934. The van der Waals surface area contributed by atoms with Crippen molar-refractivity contribution in [3.63, 3.8) is 0 Å². The largest absolute Gasteiger partial charge is 0.396 e. The van der Waals surface area contributed by atoms with Crippen molar-refractivity contribution in [2.75, 3.05) is 11.5 Å². The third-order valence-electron chi connectivity index (χ3n) is 1.57. The van der Waals surface area contributed by atoms with Crippen LogP contribution in [0.1, 0.15) is 18.3 Å². The maximum Gasteiger partial charge on any atom is 0.220 e. The van der Waals surface area contributed by atoms with E-state index in [0.29, 0.717) is 11.6 Å². The minimum Gasteiger partial charge on any atom is -0.396 e. The second-order valence-electron chi connectivity index (χ2n) is 2.38. The van der Waals surface area contributed by atoms with Crippen molar-refractivity contribution in [1.29, 1.82) is 0 Å². The summed E-state index contributed by atoms with van der Waals surface area (Å²) in [5, 5.41) is 0. The Labute approximate surface area is 65.6 Å². The van der Waals surface area contributed by atoms with Crippen molar-refractivity contribution in [3.8, 4) is 0 Å². The Morgan fingerprint density at radius 3 is 2.45 bits per heavy atom. The fourth-order valence-electron chi connectivity index (χ4n) is 0.934. The molecule has 1 aromatic heterocycles. The predicted molar refractivity (Wildman–Crippen MR) is 45.0 cm³/mol. The molecule has 60 valence electrons.